The van der Waals surface area contributed by atoms with Crippen LogP contribution in [0.15, 0.2) is 18.2 Å². The molecular weight excluding hydrogens is 300 g/mol. The minimum absolute atomic E-state index is 0.0214. The summed E-state index contributed by atoms with van der Waals surface area (Å²) in [4.78, 5) is 23.0. The number of carbonyl (C=O) groups is 2. The number of carbonyl (C=O) groups excluding carboxylic acids is 1. The molecule has 1 amide bonds. The molecule has 0 bridgehead atoms. The van der Waals surface area contributed by atoms with Crippen LogP contribution in [0.5, 0.6) is 11.5 Å². The molecule has 0 aliphatic carbocycles. The van der Waals surface area contributed by atoms with Crippen molar-refractivity contribution in [2.24, 2.45) is 5.92 Å². The van der Waals surface area contributed by atoms with E-state index in [1.165, 1.54) is 39.2 Å². The third-order valence-electron chi connectivity index (χ3n) is 3.15. The molecule has 122 valence electrons. The third-order valence-corrected chi connectivity index (χ3v) is 3.15. The fourth-order valence-electron chi connectivity index (χ4n) is 1.69. The molecule has 1 rings (SSSR count). The van der Waals surface area contributed by atoms with Gasteiger partial charge < -0.3 is 19.9 Å². The molecule has 8 heteroatoms. The lowest BCUT2D eigenvalue weighted by Crippen LogP contribution is -2.40. The largest absolute Gasteiger partial charge is 0.493 e. The van der Waals surface area contributed by atoms with Gasteiger partial charge in [-0.15, -0.1) is 0 Å². The number of para-hydroxylation sites is 1. The summed E-state index contributed by atoms with van der Waals surface area (Å²) >= 11 is 0. The number of amides is 1. The molecule has 0 radical (unpaired) electrons. The summed E-state index contributed by atoms with van der Waals surface area (Å²) in [5.41, 5.74) is -0.163. The van der Waals surface area contributed by atoms with Gasteiger partial charge in [-0.25, -0.2) is 0 Å². The Kier molecular flexibility index (Phi) is 6.09. The Labute approximate surface area is 126 Å². The predicted octanol–water partition coefficient (Wildman–Crippen LogP) is 2.14. The summed E-state index contributed by atoms with van der Waals surface area (Å²) in [5.74, 6) is -3.06. The molecule has 0 spiro atoms. The highest BCUT2D eigenvalue weighted by Gasteiger charge is 2.25. The standard InChI is InChI=1S/C14H17F2NO5/c1-7(13(19)20)8(2)17-12(18)9-5-4-6-10(21-3)11(9)22-14(15)16/h4-8,14H,1-3H3,(H,17,18)(H,19,20). The minimum atomic E-state index is -3.13. The smallest absolute Gasteiger partial charge is 0.387 e. The lowest BCUT2D eigenvalue weighted by atomic mass is 10.0. The molecule has 0 heterocycles. The van der Waals surface area contributed by atoms with Crippen molar-refractivity contribution in [2.45, 2.75) is 26.5 Å². The first kappa shape index (κ1) is 17.7. The van der Waals surface area contributed by atoms with Crippen LogP contribution in [0.4, 0.5) is 8.78 Å². The zero-order valence-electron chi connectivity index (χ0n) is 12.3. The maximum Gasteiger partial charge on any atom is 0.387 e. The highest BCUT2D eigenvalue weighted by atomic mass is 19.3. The van der Waals surface area contributed by atoms with Crippen LogP contribution in [0.25, 0.3) is 0 Å². The van der Waals surface area contributed by atoms with Crippen LogP contribution in [-0.4, -0.2) is 36.7 Å². The molecule has 0 saturated heterocycles. The Bertz CT molecular complexity index is 550. The molecule has 0 aliphatic heterocycles. The van der Waals surface area contributed by atoms with Crippen molar-refractivity contribution >= 4 is 11.9 Å². The number of halogens is 2. The molecular formula is C14H17F2NO5. The quantitative estimate of drug-likeness (QED) is 0.805. The van der Waals surface area contributed by atoms with Crippen LogP contribution in [0.3, 0.4) is 0 Å². The van der Waals surface area contributed by atoms with Crippen LogP contribution in [-0.2, 0) is 4.79 Å². The Morgan fingerprint density at radius 2 is 1.91 bits per heavy atom. The number of methoxy groups -OCH3 is 1. The SMILES string of the molecule is COc1cccc(C(=O)NC(C)C(C)C(=O)O)c1OC(F)F. The summed E-state index contributed by atoms with van der Waals surface area (Å²) in [6.45, 7) is -0.196. The first-order chi connectivity index (χ1) is 10.3. The average molecular weight is 317 g/mol. The molecule has 0 aliphatic rings. The van der Waals surface area contributed by atoms with Crippen LogP contribution in [0, 0.1) is 5.92 Å². The number of carboxylic acid groups (broad SMARTS) is 1. The van der Waals surface area contributed by atoms with E-state index in [2.05, 4.69) is 10.1 Å². The fourth-order valence-corrected chi connectivity index (χ4v) is 1.69. The number of hydrogen-bond donors (Lipinski definition) is 2. The molecule has 22 heavy (non-hydrogen) atoms. The van der Waals surface area contributed by atoms with E-state index in [-0.39, 0.29) is 11.3 Å². The Morgan fingerprint density at radius 3 is 2.41 bits per heavy atom. The molecule has 2 unspecified atom stereocenters. The molecule has 1 aromatic carbocycles. The number of nitrogens with one attached hydrogen (secondary N) is 1. The van der Waals surface area contributed by atoms with Gasteiger partial charge in [0.05, 0.1) is 18.6 Å². The van der Waals surface area contributed by atoms with Gasteiger partial charge in [-0.2, -0.15) is 8.78 Å². The van der Waals surface area contributed by atoms with E-state index in [9.17, 15) is 18.4 Å². The first-order valence-electron chi connectivity index (χ1n) is 6.43. The van der Waals surface area contributed by atoms with Gasteiger partial charge in [-0.3, -0.25) is 9.59 Å². The summed E-state index contributed by atoms with van der Waals surface area (Å²) in [6, 6.07) is 3.40. The van der Waals surface area contributed by atoms with Gasteiger partial charge in [-0.1, -0.05) is 6.07 Å². The van der Waals surface area contributed by atoms with Crippen molar-refractivity contribution in [1.29, 1.82) is 0 Å². The number of benzene rings is 1. The molecule has 0 fully saturated rings. The zero-order chi connectivity index (χ0) is 16.9. The Balaban J connectivity index is 3.04. The van der Waals surface area contributed by atoms with Gasteiger partial charge in [0, 0.05) is 6.04 Å². The van der Waals surface area contributed by atoms with E-state index in [4.69, 9.17) is 9.84 Å². The number of carboxylic acids is 1. The van der Waals surface area contributed by atoms with Crippen molar-refractivity contribution in [2.75, 3.05) is 7.11 Å². The predicted molar refractivity (Wildman–Crippen MR) is 73.4 cm³/mol. The number of aliphatic carboxylic acids is 1. The molecule has 0 aromatic heterocycles. The molecule has 2 atom stereocenters. The lowest BCUT2D eigenvalue weighted by Gasteiger charge is -2.19. The van der Waals surface area contributed by atoms with Crippen molar-refractivity contribution in [3.05, 3.63) is 23.8 Å². The van der Waals surface area contributed by atoms with Gasteiger partial charge >= 0.3 is 12.6 Å². The highest BCUT2D eigenvalue weighted by Crippen LogP contribution is 2.32. The topological polar surface area (TPSA) is 84.9 Å². The van der Waals surface area contributed by atoms with Gasteiger partial charge in [0.15, 0.2) is 11.5 Å². The average Bonchev–Trinajstić information content (AvgIpc) is 2.45. The highest BCUT2D eigenvalue weighted by molar-refractivity contribution is 5.98. The third kappa shape index (κ3) is 4.31. The van der Waals surface area contributed by atoms with Crippen LogP contribution in [0.1, 0.15) is 24.2 Å². The van der Waals surface area contributed by atoms with Crippen molar-refractivity contribution in [1.82, 2.24) is 5.32 Å². The van der Waals surface area contributed by atoms with Crippen molar-refractivity contribution in [3.8, 4) is 11.5 Å². The van der Waals surface area contributed by atoms with E-state index in [1.54, 1.807) is 0 Å². The zero-order valence-corrected chi connectivity index (χ0v) is 12.3. The van der Waals surface area contributed by atoms with E-state index in [0.29, 0.717) is 0 Å². The summed E-state index contributed by atoms with van der Waals surface area (Å²) in [6.07, 6.45) is 0. The maximum absolute atomic E-state index is 12.5. The Morgan fingerprint density at radius 1 is 1.27 bits per heavy atom. The maximum atomic E-state index is 12.5. The number of rotatable bonds is 7. The lowest BCUT2D eigenvalue weighted by molar-refractivity contribution is -0.141. The van der Waals surface area contributed by atoms with Crippen molar-refractivity contribution in [3.63, 3.8) is 0 Å². The van der Waals surface area contributed by atoms with Crippen LogP contribution >= 0.6 is 0 Å². The van der Waals surface area contributed by atoms with Crippen molar-refractivity contribution < 1.29 is 33.0 Å². The molecule has 6 nitrogen and oxygen atoms in total. The van der Waals surface area contributed by atoms with Gasteiger partial charge in [0.1, 0.15) is 0 Å². The van der Waals surface area contributed by atoms with Gasteiger partial charge in [0.25, 0.3) is 5.91 Å². The minimum Gasteiger partial charge on any atom is -0.493 e. The second kappa shape index (κ2) is 7.58. The number of hydrogen-bond acceptors (Lipinski definition) is 4. The number of alkyl halides is 2. The van der Waals surface area contributed by atoms with Gasteiger partial charge in [-0.05, 0) is 26.0 Å². The first-order valence-corrected chi connectivity index (χ1v) is 6.43. The molecule has 1 aromatic rings. The summed E-state index contributed by atoms with van der Waals surface area (Å²) in [7, 11) is 1.25. The van der Waals surface area contributed by atoms with E-state index < -0.39 is 36.2 Å². The second-order valence-corrected chi connectivity index (χ2v) is 4.60. The van der Waals surface area contributed by atoms with Gasteiger partial charge in [0.2, 0.25) is 0 Å². The molecule has 2 N–H and O–H groups in total. The fraction of sp³-hybridized carbons (Fsp3) is 0.429. The number of ether oxygens (including phenoxy) is 2. The Hall–Kier alpha value is -2.38. The monoisotopic (exact) mass is 317 g/mol. The van der Waals surface area contributed by atoms with E-state index in [0.717, 1.165) is 0 Å². The van der Waals surface area contributed by atoms with Crippen LogP contribution in [0.2, 0.25) is 0 Å². The van der Waals surface area contributed by atoms with E-state index in [1.807, 2.05) is 0 Å². The van der Waals surface area contributed by atoms with E-state index >= 15 is 0 Å². The summed E-state index contributed by atoms with van der Waals surface area (Å²) in [5, 5.41) is 11.3. The van der Waals surface area contributed by atoms with Crippen LogP contribution < -0.4 is 14.8 Å². The second-order valence-electron chi connectivity index (χ2n) is 4.60. The summed E-state index contributed by atoms with van der Waals surface area (Å²) < 4.78 is 34.2. The normalized spacial score (nSPS) is 13.4. The molecule has 0 saturated carbocycles.